The van der Waals surface area contributed by atoms with Crippen LogP contribution in [0.5, 0.6) is 11.5 Å². The molecule has 0 atom stereocenters. The highest BCUT2D eigenvalue weighted by Crippen LogP contribution is 2.35. The topological polar surface area (TPSA) is 75.6 Å². The number of rotatable bonds is 4. The smallest absolute Gasteiger partial charge is 0.265 e. The van der Waals surface area contributed by atoms with Crippen LogP contribution in [0.3, 0.4) is 0 Å². The number of aromatic hydroxyl groups is 1. The van der Waals surface area contributed by atoms with Gasteiger partial charge < -0.3 is 9.84 Å². The van der Waals surface area contributed by atoms with E-state index in [0.29, 0.717) is 21.5 Å². The van der Waals surface area contributed by atoms with Crippen molar-refractivity contribution in [2.24, 2.45) is 0 Å². The summed E-state index contributed by atoms with van der Waals surface area (Å²) in [6, 6.07) is 7.61. The number of halogens is 2. The fourth-order valence-corrected chi connectivity index (χ4v) is 4.12. The summed E-state index contributed by atoms with van der Waals surface area (Å²) in [6.45, 7) is 1.74. The molecule has 0 heterocycles. The van der Waals surface area contributed by atoms with Crippen molar-refractivity contribution in [3.05, 3.63) is 45.4 Å². The lowest BCUT2D eigenvalue weighted by Gasteiger charge is -2.13. The maximum Gasteiger partial charge on any atom is 0.265 e. The summed E-state index contributed by atoms with van der Waals surface area (Å²) in [5, 5.41) is 9.84. The van der Waals surface area contributed by atoms with Gasteiger partial charge in [0.15, 0.2) is 5.75 Å². The Hall–Kier alpha value is -1.44. The molecule has 0 unspecified atom stereocenters. The Morgan fingerprint density at radius 3 is 2.55 bits per heavy atom. The van der Waals surface area contributed by atoms with Crippen molar-refractivity contribution in [1.29, 1.82) is 0 Å². The van der Waals surface area contributed by atoms with Crippen LogP contribution >= 0.6 is 27.5 Å². The lowest BCUT2D eigenvalue weighted by atomic mass is 10.2. The zero-order valence-electron chi connectivity index (χ0n) is 11.7. The third-order valence-electron chi connectivity index (χ3n) is 2.96. The minimum absolute atomic E-state index is 0.0544. The maximum absolute atomic E-state index is 12.5. The summed E-state index contributed by atoms with van der Waals surface area (Å²) in [4.78, 5) is -0.304. The summed E-state index contributed by atoms with van der Waals surface area (Å²) in [5.41, 5.74) is 1.07. The predicted molar refractivity (Wildman–Crippen MR) is 89.4 cm³/mol. The molecule has 0 aliphatic heterocycles. The summed E-state index contributed by atoms with van der Waals surface area (Å²) >= 11 is 8.96. The first-order chi connectivity index (χ1) is 10.2. The Morgan fingerprint density at radius 2 is 1.95 bits per heavy atom. The average Bonchev–Trinajstić information content (AvgIpc) is 2.44. The Bertz CT molecular complexity index is 824. The van der Waals surface area contributed by atoms with E-state index >= 15 is 0 Å². The van der Waals surface area contributed by atoms with Crippen LogP contribution in [0.2, 0.25) is 5.02 Å². The van der Waals surface area contributed by atoms with Crippen LogP contribution in [0.1, 0.15) is 5.56 Å². The van der Waals surface area contributed by atoms with Crippen LogP contribution < -0.4 is 9.46 Å². The van der Waals surface area contributed by atoms with Gasteiger partial charge in [-0.1, -0.05) is 27.5 Å². The van der Waals surface area contributed by atoms with Gasteiger partial charge in [-0.25, -0.2) is 8.42 Å². The Balaban J connectivity index is 2.45. The van der Waals surface area contributed by atoms with Crippen molar-refractivity contribution in [2.45, 2.75) is 11.8 Å². The molecule has 0 aliphatic carbocycles. The zero-order chi connectivity index (χ0) is 16.5. The number of hydrogen-bond donors (Lipinski definition) is 2. The van der Waals surface area contributed by atoms with Gasteiger partial charge in [0, 0.05) is 4.47 Å². The molecule has 0 aromatic heterocycles. The summed E-state index contributed by atoms with van der Waals surface area (Å²) < 4.78 is 32.9. The monoisotopic (exact) mass is 405 g/mol. The number of phenols is 1. The minimum Gasteiger partial charge on any atom is -0.505 e. The van der Waals surface area contributed by atoms with E-state index in [1.807, 2.05) is 0 Å². The van der Waals surface area contributed by atoms with E-state index in [9.17, 15) is 13.5 Å². The molecule has 0 spiro atoms. The molecular formula is C14H13BrClNO4S. The zero-order valence-corrected chi connectivity index (χ0v) is 14.9. The van der Waals surface area contributed by atoms with Gasteiger partial charge in [0.1, 0.15) is 10.6 Å². The van der Waals surface area contributed by atoms with Crippen molar-refractivity contribution in [1.82, 2.24) is 0 Å². The summed E-state index contributed by atoms with van der Waals surface area (Å²) in [6.07, 6.45) is 0. The number of phenolic OH excluding ortho intramolecular Hbond substituents is 1. The molecule has 8 heteroatoms. The molecule has 0 bridgehead atoms. The van der Waals surface area contributed by atoms with Crippen LogP contribution in [0.4, 0.5) is 5.69 Å². The number of nitrogens with one attached hydrogen (secondary N) is 1. The molecule has 2 aromatic carbocycles. The summed E-state index contributed by atoms with van der Waals surface area (Å²) in [7, 11) is -2.46. The molecule has 118 valence electrons. The fraction of sp³-hybridized carbons (Fsp3) is 0.143. The molecule has 0 aliphatic rings. The molecule has 2 aromatic rings. The highest BCUT2D eigenvalue weighted by atomic mass is 79.9. The molecule has 0 amide bonds. The molecule has 0 saturated carbocycles. The number of aryl methyl sites for hydroxylation is 1. The number of sulfonamides is 1. The highest BCUT2D eigenvalue weighted by molar-refractivity contribution is 9.10. The SMILES string of the molecule is COc1ccc(NS(=O)(=O)c2cc(Br)cc(Cl)c2O)c(C)c1. The van der Waals surface area contributed by atoms with Crippen LogP contribution in [0.15, 0.2) is 39.7 Å². The molecule has 0 fully saturated rings. The fourth-order valence-electron chi connectivity index (χ4n) is 1.82. The van der Waals surface area contributed by atoms with Gasteiger partial charge in [0.05, 0.1) is 17.8 Å². The average molecular weight is 407 g/mol. The van der Waals surface area contributed by atoms with Gasteiger partial charge in [-0.05, 0) is 42.8 Å². The molecular weight excluding hydrogens is 394 g/mol. The molecule has 22 heavy (non-hydrogen) atoms. The Morgan fingerprint density at radius 1 is 1.27 bits per heavy atom. The Kier molecular flexibility index (Phi) is 4.89. The standard InChI is InChI=1S/C14H13BrClNO4S/c1-8-5-10(21-2)3-4-12(8)17-22(19,20)13-7-9(15)6-11(16)14(13)18/h3-7,17-18H,1-2H3. The quantitative estimate of drug-likeness (QED) is 0.807. The lowest BCUT2D eigenvalue weighted by Crippen LogP contribution is -2.14. The highest BCUT2D eigenvalue weighted by Gasteiger charge is 2.22. The second-order valence-corrected chi connectivity index (χ2v) is 7.49. The van der Waals surface area contributed by atoms with Crippen molar-refractivity contribution in [3.63, 3.8) is 0 Å². The van der Waals surface area contributed by atoms with Crippen LogP contribution in [0.25, 0.3) is 0 Å². The van der Waals surface area contributed by atoms with Crippen LogP contribution in [-0.2, 0) is 10.0 Å². The van der Waals surface area contributed by atoms with E-state index < -0.39 is 15.8 Å². The van der Waals surface area contributed by atoms with E-state index in [0.717, 1.165) is 0 Å². The molecule has 2 rings (SSSR count). The van der Waals surface area contributed by atoms with Gasteiger partial charge in [-0.15, -0.1) is 0 Å². The van der Waals surface area contributed by atoms with Gasteiger partial charge >= 0.3 is 0 Å². The summed E-state index contributed by atoms with van der Waals surface area (Å²) in [5.74, 6) is 0.123. The number of benzene rings is 2. The first-order valence-corrected chi connectivity index (χ1v) is 8.75. The van der Waals surface area contributed by atoms with Gasteiger partial charge in [-0.2, -0.15) is 0 Å². The predicted octanol–water partition coefficient (Wildman–Crippen LogP) is 3.93. The van der Waals surface area contributed by atoms with Gasteiger partial charge in [0.2, 0.25) is 0 Å². The number of ether oxygens (including phenoxy) is 1. The third-order valence-corrected chi connectivity index (χ3v) is 5.09. The van der Waals surface area contributed by atoms with Crippen LogP contribution in [0, 0.1) is 6.92 Å². The Labute approximate surface area is 142 Å². The maximum atomic E-state index is 12.5. The number of methoxy groups -OCH3 is 1. The van der Waals surface area contributed by atoms with E-state index in [2.05, 4.69) is 20.7 Å². The van der Waals surface area contributed by atoms with Gasteiger partial charge in [-0.3, -0.25) is 4.72 Å². The lowest BCUT2D eigenvalue weighted by molar-refractivity contribution is 0.414. The van der Waals surface area contributed by atoms with E-state index in [1.54, 1.807) is 25.1 Å². The van der Waals surface area contributed by atoms with E-state index in [-0.39, 0.29) is 9.92 Å². The third kappa shape index (κ3) is 3.48. The first kappa shape index (κ1) is 16.9. The molecule has 0 saturated heterocycles. The van der Waals surface area contributed by atoms with Crippen molar-refractivity contribution in [2.75, 3.05) is 11.8 Å². The van der Waals surface area contributed by atoms with Gasteiger partial charge in [0.25, 0.3) is 10.0 Å². The minimum atomic E-state index is -3.99. The molecule has 0 radical (unpaired) electrons. The first-order valence-electron chi connectivity index (χ1n) is 6.10. The second kappa shape index (κ2) is 6.36. The van der Waals surface area contributed by atoms with Crippen molar-refractivity contribution >= 4 is 43.2 Å². The van der Waals surface area contributed by atoms with Crippen LogP contribution in [-0.4, -0.2) is 20.6 Å². The largest absolute Gasteiger partial charge is 0.505 e. The molecule has 2 N–H and O–H groups in total. The number of hydrogen-bond acceptors (Lipinski definition) is 4. The van der Waals surface area contributed by atoms with E-state index in [4.69, 9.17) is 16.3 Å². The second-order valence-electron chi connectivity index (χ2n) is 4.52. The normalized spacial score (nSPS) is 11.3. The van der Waals surface area contributed by atoms with E-state index in [1.165, 1.54) is 19.2 Å². The number of anilines is 1. The molecule has 5 nitrogen and oxygen atoms in total. The van der Waals surface area contributed by atoms with Crippen molar-refractivity contribution < 1.29 is 18.3 Å². The van der Waals surface area contributed by atoms with Crippen molar-refractivity contribution in [3.8, 4) is 11.5 Å².